The fraction of sp³-hybridized carbons (Fsp3) is 0.895. The average Bonchev–Trinajstić information content (AvgIpc) is 2.54. The molecule has 1 fully saturated rings. The van der Waals surface area contributed by atoms with Crippen LogP contribution in [-0.4, -0.2) is 48.8 Å². The van der Waals surface area contributed by atoms with Crippen molar-refractivity contribution >= 4 is 12.1 Å². The van der Waals surface area contributed by atoms with E-state index in [0.717, 1.165) is 51.6 Å². The van der Waals surface area contributed by atoms with Crippen molar-refractivity contribution in [3.63, 3.8) is 0 Å². The molecule has 1 amide bonds. The maximum atomic E-state index is 12.1. The summed E-state index contributed by atoms with van der Waals surface area (Å²) < 4.78 is 10.6. The van der Waals surface area contributed by atoms with E-state index in [9.17, 15) is 9.59 Å². The van der Waals surface area contributed by atoms with Crippen molar-refractivity contribution in [1.82, 2.24) is 4.90 Å². The fourth-order valence-electron chi connectivity index (χ4n) is 3.17. The Hall–Kier alpha value is -1.30. The Kier molecular flexibility index (Phi) is 9.25. The maximum Gasteiger partial charge on any atom is 0.410 e. The van der Waals surface area contributed by atoms with Crippen molar-refractivity contribution in [2.75, 3.05) is 26.2 Å². The Labute approximate surface area is 152 Å². The molecule has 1 saturated heterocycles. The lowest BCUT2D eigenvalue weighted by Gasteiger charge is -2.33. The highest BCUT2D eigenvalue weighted by Crippen LogP contribution is 2.27. The summed E-state index contributed by atoms with van der Waals surface area (Å²) in [4.78, 5) is 26.0. The number of carbonyl (C=O) groups excluding carboxylic acids is 2. The molecule has 1 unspecified atom stereocenters. The average molecular weight is 357 g/mol. The molecule has 0 aromatic rings. The summed E-state index contributed by atoms with van der Waals surface area (Å²) in [7, 11) is 0. The predicted octanol–water partition coefficient (Wildman–Crippen LogP) is 3.33. The van der Waals surface area contributed by atoms with Crippen LogP contribution >= 0.6 is 0 Å². The van der Waals surface area contributed by atoms with Gasteiger partial charge in [-0.25, -0.2) is 4.79 Å². The molecule has 0 radical (unpaired) electrons. The van der Waals surface area contributed by atoms with Gasteiger partial charge in [0.1, 0.15) is 5.60 Å². The zero-order valence-electron chi connectivity index (χ0n) is 16.4. The number of piperidine rings is 1. The highest BCUT2D eigenvalue weighted by molar-refractivity contribution is 5.72. The molecule has 0 bridgehead atoms. The van der Waals surface area contributed by atoms with Crippen molar-refractivity contribution in [3.8, 4) is 0 Å². The van der Waals surface area contributed by atoms with Crippen LogP contribution in [-0.2, 0) is 14.3 Å². The molecule has 6 heteroatoms. The van der Waals surface area contributed by atoms with Crippen molar-refractivity contribution in [2.24, 2.45) is 17.6 Å². The van der Waals surface area contributed by atoms with Crippen molar-refractivity contribution in [3.05, 3.63) is 0 Å². The van der Waals surface area contributed by atoms with Crippen LogP contribution < -0.4 is 5.73 Å². The van der Waals surface area contributed by atoms with E-state index < -0.39 is 5.60 Å². The number of ether oxygens (including phenoxy) is 2. The first-order valence-electron chi connectivity index (χ1n) is 9.61. The van der Waals surface area contributed by atoms with Crippen molar-refractivity contribution in [2.45, 2.75) is 71.8 Å². The second-order valence-electron chi connectivity index (χ2n) is 7.87. The summed E-state index contributed by atoms with van der Waals surface area (Å²) in [6.07, 6.45) is 5.19. The summed E-state index contributed by atoms with van der Waals surface area (Å²) in [5.74, 6) is 0.406. The van der Waals surface area contributed by atoms with Crippen LogP contribution in [0.5, 0.6) is 0 Å². The molecule has 0 aliphatic carbocycles. The number of nitrogens with two attached hydrogens (primary N) is 1. The molecular weight excluding hydrogens is 320 g/mol. The molecule has 1 atom stereocenters. The summed E-state index contributed by atoms with van der Waals surface area (Å²) in [5, 5.41) is 0. The smallest absolute Gasteiger partial charge is 0.410 e. The lowest BCUT2D eigenvalue weighted by Crippen LogP contribution is -2.41. The van der Waals surface area contributed by atoms with Gasteiger partial charge in [-0.1, -0.05) is 0 Å². The zero-order valence-corrected chi connectivity index (χ0v) is 16.4. The van der Waals surface area contributed by atoms with Crippen LogP contribution in [0.4, 0.5) is 4.79 Å². The van der Waals surface area contributed by atoms with E-state index in [4.69, 9.17) is 15.2 Å². The van der Waals surface area contributed by atoms with Gasteiger partial charge >= 0.3 is 12.1 Å². The number of carbonyl (C=O) groups is 2. The largest absolute Gasteiger partial charge is 0.466 e. The summed E-state index contributed by atoms with van der Waals surface area (Å²) in [6, 6.07) is 0. The topological polar surface area (TPSA) is 81.9 Å². The minimum Gasteiger partial charge on any atom is -0.466 e. The van der Waals surface area contributed by atoms with E-state index in [0.29, 0.717) is 19.1 Å². The Bertz CT molecular complexity index is 412. The Balaban J connectivity index is 2.38. The molecule has 0 aromatic heterocycles. The van der Waals surface area contributed by atoms with Crippen LogP contribution in [0, 0.1) is 11.8 Å². The van der Waals surface area contributed by atoms with Gasteiger partial charge in [0.2, 0.25) is 0 Å². The number of hydrogen-bond acceptors (Lipinski definition) is 5. The number of likely N-dealkylation sites (tertiary alicyclic amines) is 1. The van der Waals surface area contributed by atoms with Gasteiger partial charge in [-0.15, -0.1) is 0 Å². The van der Waals surface area contributed by atoms with E-state index in [2.05, 4.69) is 0 Å². The number of nitrogens with zero attached hydrogens (tertiary/aromatic N) is 1. The molecule has 0 aromatic carbocycles. The number of hydrogen-bond donors (Lipinski definition) is 1. The number of esters is 1. The quantitative estimate of drug-likeness (QED) is 0.675. The Morgan fingerprint density at radius 3 is 2.36 bits per heavy atom. The van der Waals surface area contributed by atoms with Gasteiger partial charge < -0.3 is 20.1 Å². The molecule has 1 rings (SSSR count). The first-order chi connectivity index (χ1) is 11.8. The van der Waals surface area contributed by atoms with Gasteiger partial charge in [0.25, 0.3) is 0 Å². The van der Waals surface area contributed by atoms with E-state index in [1.807, 2.05) is 27.7 Å². The second-order valence-corrected chi connectivity index (χ2v) is 7.87. The first-order valence-corrected chi connectivity index (χ1v) is 9.61. The zero-order chi connectivity index (χ0) is 18.9. The van der Waals surface area contributed by atoms with Crippen LogP contribution in [0.3, 0.4) is 0 Å². The van der Waals surface area contributed by atoms with Gasteiger partial charge in [0, 0.05) is 13.1 Å². The molecule has 1 heterocycles. The van der Waals surface area contributed by atoms with Crippen LogP contribution in [0.15, 0.2) is 0 Å². The Morgan fingerprint density at radius 1 is 1.20 bits per heavy atom. The predicted molar refractivity (Wildman–Crippen MR) is 98.2 cm³/mol. The second kappa shape index (κ2) is 10.6. The van der Waals surface area contributed by atoms with Gasteiger partial charge in [0.05, 0.1) is 12.5 Å². The first kappa shape index (κ1) is 21.7. The van der Waals surface area contributed by atoms with Gasteiger partial charge in [0.15, 0.2) is 0 Å². The minimum absolute atomic E-state index is 0.0487. The molecule has 1 aliphatic heterocycles. The SMILES string of the molecule is CCOC(=O)C(CCCN)CCC1CCN(C(=O)OC(C)(C)C)CC1. The Morgan fingerprint density at radius 2 is 1.84 bits per heavy atom. The summed E-state index contributed by atoms with van der Waals surface area (Å²) in [6.45, 7) is 9.97. The maximum absolute atomic E-state index is 12.1. The highest BCUT2D eigenvalue weighted by Gasteiger charge is 2.28. The summed E-state index contributed by atoms with van der Waals surface area (Å²) >= 11 is 0. The summed E-state index contributed by atoms with van der Waals surface area (Å²) in [5.41, 5.74) is 5.12. The van der Waals surface area contributed by atoms with E-state index in [-0.39, 0.29) is 18.0 Å². The normalized spacial score (nSPS) is 17.2. The fourth-order valence-corrected chi connectivity index (χ4v) is 3.17. The highest BCUT2D eigenvalue weighted by atomic mass is 16.6. The number of rotatable bonds is 8. The minimum atomic E-state index is -0.455. The van der Waals surface area contributed by atoms with Gasteiger partial charge in [-0.05, 0) is 78.7 Å². The monoisotopic (exact) mass is 356 g/mol. The molecule has 146 valence electrons. The molecule has 25 heavy (non-hydrogen) atoms. The molecule has 0 spiro atoms. The standard InChI is InChI=1S/C19H36N2O4/c1-5-24-17(22)16(7-6-12-20)9-8-15-10-13-21(14-11-15)18(23)25-19(2,3)4/h15-16H,5-14,20H2,1-4H3. The van der Waals surface area contributed by atoms with Crippen molar-refractivity contribution < 1.29 is 19.1 Å². The van der Waals surface area contributed by atoms with E-state index in [1.165, 1.54) is 0 Å². The third-order valence-corrected chi connectivity index (χ3v) is 4.57. The van der Waals surface area contributed by atoms with Gasteiger partial charge in [-0.3, -0.25) is 4.79 Å². The molecule has 1 aliphatic rings. The van der Waals surface area contributed by atoms with Gasteiger partial charge in [-0.2, -0.15) is 0 Å². The van der Waals surface area contributed by atoms with Crippen LogP contribution in [0.25, 0.3) is 0 Å². The van der Waals surface area contributed by atoms with E-state index in [1.54, 1.807) is 4.90 Å². The molecular formula is C19H36N2O4. The van der Waals surface area contributed by atoms with Crippen molar-refractivity contribution in [1.29, 1.82) is 0 Å². The van der Waals surface area contributed by atoms with E-state index >= 15 is 0 Å². The third-order valence-electron chi connectivity index (χ3n) is 4.57. The van der Waals surface area contributed by atoms with Crippen LogP contribution in [0.1, 0.15) is 66.2 Å². The van der Waals surface area contributed by atoms with Crippen LogP contribution in [0.2, 0.25) is 0 Å². The third kappa shape index (κ3) is 8.56. The molecule has 2 N–H and O–H groups in total. The lowest BCUT2D eigenvalue weighted by atomic mass is 9.87. The molecule has 6 nitrogen and oxygen atoms in total. The number of amides is 1. The molecule has 0 saturated carbocycles. The lowest BCUT2D eigenvalue weighted by molar-refractivity contribution is -0.148.